The molecule has 4 N–H and O–H groups in total. The third-order valence-electron chi connectivity index (χ3n) is 8.58. The minimum atomic E-state index is -3.02. The SMILES string of the molecule is CCCCCC(=O)OC1C2C(C(=O)c3c(O)cccc3C2C)C(=O)C2(O)C(=O)C(C(N)=O)C(=O)C(N(C)C)C12. The van der Waals surface area contributed by atoms with Gasteiger partial charge in [-0.05, 0) is 38.1 Å². The number of nitrogens with two attached hydrogens (primary N) is 1. The zero-order valence-electron chi connectivity index (χ0n) is 22.4. The lowest BCUT2D eigenvalue weighted by Crippen LogP contribution is -2.78. The van der Waals surface area contributed by atoms with E-state index in [1.54, 1.807) is 19.1 Å². The van der Waals surface area contributed by atoms with E-state index in [0.29, 0.717) is 12.0 Å². The van der Waals surface area contributed by atoms with Crippen molar-refractivity contribution in [1.82, 2.24) is 4.90 Å². The van der Waals surface area contributed by atoms with Crippen LogP contribution in [0.25, 0.3) is 0 Å². The number of carbonyl (C=O) groups is 6. The number of aliphatic hydroxyl groups is 1. The number of hydrogen-bond acceptors (Lipinski definition) is 10. The van der Waals surface area contributed by atoms with Gasteiger partial charge in [0.1, 0.15) is 11.9 Å². The molecule has 8 unspecified atom stereocenters. The van der Waals surface area contributed by atoms with Crippen molar-refractivity contribution in [1.29, 1.82) is 0 Å². The molecule has 4 rings (SSSR count). The van der Waals surface area contributed by atoms with E-state index in [0.717, 1.165) is 12.8 Å². The molecule has 0 spiro atoms. The van der Waals surface area contributed by atoms with Crippen LogP contribution in [0.5, 0.6) is 5.75 Å². The normalized spacial score (nSPS) is 33.8. The number of rotatable bonds is 7. The summed E-state index contributed by atoms with van der Waals surface area (Å²) in [6.07, 6.45) is 0.684. The van der Waals surface area contributed by atoms with Crippen LogP contribution in [-0.4, -0.2) is 82.0 Å². The molecule has 0 saturated heterocycles. The Bertz CT molecular complexity index is 1260. The summed E-state index contributed by atoms with van der Waals surface area (Å²) in [6.45, 7) is 3.66. The number of hydrogen-bond donors (Lipinski definition) is 3. The van der Waals surface area contributed by atoms with E-state index >= 15 is 0 Å². The Balaban J connectivity index is 1.95. The van der Waals surface area contributed by atoms with Gasteiger partial charge in [-0.15, -0.1) is 0 Å². The Morgan fingerprint density at radius 2 is 1.77 bits per heavy atom. The van der Waals surface area contributed by atoms with E-state index in [4.69, 9.17) is 10.5 Å². The Morgan fingerprint density at radius 3 is 2.36 bits per heavy atom. The molecule has 0 aromatic heterocycles. The average Bonchev–Trinajstić information content (AvgIpc) is 2.85. The molecule has 2 saturated carbocycles. The van der Waals surface area contributed by atoms with Gasteiger partial charge in [-0.25, -0.2) is 0 Å². The number of Topliss-reactive ketones (excluding diaryl/α,β-unsaturated/α-hetero) is 4. The largest absolute Gasteiger partial charge is 0.507 e. The zero-order valence-corrected chi connectivity index (χ0v) is 22.4. The number of aromatic hydroxyl groups is 1. The molecule has 0 bridgehead atoms. The van der Waals surface area contributed by atoms with E-state index < -0.39 is 82.3 Å². The molecule has 0 radical (unpaired) electrons. The number of phenols is 1. The molecule has 3 aliphatic rings. The molecule has 1 aromatic carbocycles. The molecular weight excluding hydrogens is 508 g/mol. The fourth-order valence-corrected chi connectivity index (χ4v) is 6.80. The highest BCUT2D eigenvalue weighted by molar-refractivity contribution is 6.32. The summed E-state index contributed by atoms with van der Waals surface area (Å²) in [6, 6.07) is 3.04. The van der Waals surface area contributed by atoms with E-state index in [1.165, 1.54) is 25.1 Å². The zero-order chi connectivity index (χ0) is 29.0. The van der Waals surface area contributed by atoms with E-state index in [9.17, 15) is 39.0 Å². The molecule has 8 atom stereocenters. The van der Waals surface area contributed by atoms with Gasteiger partial charge in [0.2, 0.25) is 5.91 Å². The van der Waals surface area contributed by atoms with Gasteiger partial charge in [0.25, 0.3) is 0 Å². The van der Waals surface area contributed by atoms with Crippen molar-refractivity contribution in [3.8, 4) is 5.75 Å². The first-order chi connectivity index (χ1) is 18.3. The van der Waals surface area contributed by atoms with Crippen LogP contribution in [0.4, 0.5) is 0 Å². The number of esters is 1. The topological polar surface area (TPSA) is 181 Å². The summed E-state index contributed by atoms with van der Waals surface area (Å²) in [4.78, 5) is 81.6. The molecule has 0 aliphatic heterocycles. The third kappa shape index (κ3) is 4.19. The number of benzene rings is 1. The monoisotopic (exact) mass is 542 g/mol. The fraction of sp³-hybridized carbons (Fsp3) is 0.571. The second-order valence-electron chi connectivity index (χ2n) is 11.0. The highest BCUT2D eigenvalue weighted by Gasteiger charge is 2.74. The number of unbranched alkanes of at least 4 members (excludes halogenated alkanes) is 2. The van der Waals surface area contributed by atoms with Crippen LogP contribution in [-0.2, 0) is 28.7 Å². The van der Waals surface area contributed by atoms with Gasteiger partial charge in [-0.2, -0.15) is 0 Å². The molecular formula is C28H34N2O9. The lowest BCUT2D eigenvalue weighted by Gasteiger charge is -2.56. The summed E-state index contributed by atoms with van der Waals surface area (Å²) in [5.41, 5.74) is 2.65. The van der Waals surface area contributed by atoms with Crippen LogP contribution in [0.3, 0.4) is 0 Å². The molecule has 11 heteroatoms. The van der Waals surface area contributed by atoms with Crippen molar-refractivity contribution in [2.24, 2.45) is 29.4 Å². The van der Waals surface area contributed by atoms with Gasteiger partial charge in [0.15, 0.2) is 34.7 Å². The van der Waals surface area contributed by atoms with Gasteiger partial charge >= 0.3 is 5.97 Å². The number of carbonyl (C=O) groups excluding carboxylic acids is 6. The number of phenolic OH excluding ortho intramolecular Hbond substituents is 1. The fourth-order valence-electron chi connectivity index (χ4n) is 6.80. The van der Waals surface area contributed by atoms with Crippen LogP contribution < -0.4 is 5.73 Å². The minimum absolute atomic E-state index is 0.0129. The molecule has 1 amide bonds. The highest BCUT2D eigenvalue weighted by atomic mass is 16.5. The van der Waals surface area contributed by atoms with Crippen molar-refractivity contribution in [3.63, 3.8) is 0 Å². The lowest BCUT2D eigenvalue weighted by atomic mass is 9.49. The quantitative estimate of drug-likeness (QED) is 0.250. The van der Waals surface area contributed by atoms with Gasteiger partial charge in [0.05, 0.1) is 23.4 Å². The third-order valence-corrected chi connectivity index (χ3v) is 8.58. The first-order valence-corrected chi connectivity index (χ1v) is 13.2. The van der Waals surface area contributed by atoms with E-state index in [2.05, 4.69) is 0 Å². The van der Waals surface area contributed by atoms with Crippen molar-refractivity contribution >= 4 is 35.0 Å². The van der Waals surface area contributed by atoms with Crippen molar-refractivity contribution < 1.29 is 43.7 Å². The molecule has 3 aliphatic carbocycles. The predicted molar refractivity (Wildman–Crippen MR) is 135 cm³/mol. The second-order valence-corrected chi connectivity index (χ2v) is 11.0. The van der Waals surface area contributed by atoms with E-state index in [-0.39, 0.29) is 17.7 Å². The van der Waals surface area contributed by atoms with Crippen molar-refractivity contribution in [2.45, 2.75) is 63.2 Å². The van der Waals surface area contributed by atoms with E-state index in [1.807, 2.05) is 6.92 Å². The van der Waals surface area contributed by atoms with Gasteiger partial charge in [-0.3, -0.25) is 33.7 Å². The van der Waals surface area contributed by atoms with Crippen molar-refractivity contribution in [3.05, 3.63) is 29.3 Å². The first kappa shape index (κ1) is 28.6. The number of nitrogens with zero attached hydrogens (tertiary/aromatic N) is 1. The molecule has 11 nitrogen and oxygen atoms in total. The Hall–Kier alpha value is -3.44. The number of fused-ring (bicyclic) bond motifs is 3. The number of primary amides is 1. The van der Waals surface area contributed by atoms with Crippen LogP contribution in [0, 0.1) is 23.7 Å². The molecule has 2 fully saturated rings. The Labute approximate surface area is 225 Å². The predicted octanol–water partition coefficient (Wildman–Crippen LogP) is 0.530. The van der Waals surface area contributed by atoms with Gasteiger partial charge < -0.3 is 20.7 Å². The molecule has 0 heterocycles. The average molecular weight is 543 g/mol. The lowest BCUT2D eigenvalue weighted by molar-refractivity contribution is -0.205. The Kier molecular flexibility index (Phi) is 7.52. The number of likely N-dealkylation sites (N-methyl/N-ethyl adjacent to an activating group) is 1. The number of ether oxygens (including phenoxy) is 1. The summed E-state index contributed by atoms with van der Waals surface area (Å²) in [5, 5.41) is 22.5. The summed E-state index contributed by atoms with van der Waals surface area (Å²) in [5.74, 6) is -13.9. The maximum atomic E-state index is 14.1. The number of amides is 1. The summed E-state index contributed by atoms with van der Waals surface area (Å²) < 4.78 is 5.91. The second kappa shape index (κ2) is 10.3. The van der Waals surface area contributed by atoms with Gasteiger partial charge in [0, 0.05) is 12.3 Å². The highest BCUT2D eigenvalue weighted by Crippen LogP contribution is 2.55. The van der Waals surface area contributed by atoms with Crippen LogP contribution in [0.15, 0.2) is 18.2 Å². The van der Waals surface area contributed by atoms with Crippen LogP contribution in [0.2, 0.25) is 0 Å². The molecule has 210 valence electrons. The summed E-state index contributed by atoms with van der Waals surface area (Å²) in [7, 11) is 2.94. The van der Waals surface area contributed by atoms with Gasteiger partial charge in [-0.1, -0.05) is 38.8 Å². The smallest absolute Gasteiger partial charge is 0.306 e. The van der Waals surface area contributed by atoms with Crippen molar-refractivity contribution in [2.75, 3.05) is 14.1 Å². The maximum Gasteiger partial charge on any atom is 0.306 e. The molecule has 39 heavy (non-hydrogen) atoms. The summed E-state index contributed by atoms with van der Waals surface area (Å²) >= 11 is 0. The standard InChI is InChI=1S/C28H34N2O9/c1-5-6-7-11-15(32)39-24-16-12(2)13-9-8-10-14(31)17(13)22(33)18(16)25(35)28(38)20(24)21(30(3)4)23(34)19(26(28)36)27(29)37/h8-10,12,16,18-21,24,31,38H,5-7,11H2,1-4H3,(H2,29,37). The van der Waals surface area contributed by atoms with Crippen LogP contribution in [0.1, 0.15) is 61.4 Å². The molecule has 1 aromatic rings. The van der Waals surface area contributed by atoms with Crippen LogP contribution >= 0.6 is 0 Å². The maximum absolute atomic E-state index is 14.1. The minimum Gasteiger partial charge on any atom is -0.507 e. The first-order valence-electron chi connectivity index (χ1n) is 13.2. The number of ketones is 4. The Morgan fingerprint density at radius 1 is 1.10 bits per heavy atom.